The van der Waals surface area contributed by atoms with Crippen LogP contribution in [0.2, 0.25) is 0 Å². The number of hydrogen-bond acceptors (Lipinski definition) is 5. The van der Waals surface area contributed by atoms with E-state index in [2.05, 4.69) is 44.5 Å². The van der Waals surface area contributed by atoms with Crippen molar-refractivity contribution in [1.82, 2.24) is 10.2 Å². The van der Waals surface area contributed by atoms with Crippen molar-refractivity contribution in [2.75, 3.05) is 19.6 Å². The lowest BCUT2D eigenvalue weighted by Gasteiger charge is -2.28. The van der Waals surface area contributed by atoms with Gasteiger partial charge in [0.05, 0.1) is 18.5 Å². The number of aliphatic imine (C=N–C) groups is 2. The van der Waals surface area contributed by atoms with Crippen molar-refractivity contribution in [1.29, 1.82) is 0 Å². The number of aliphatic hydroxyl groups is 1. The second kappa shape index (κ2) is 10.1. The third-order valence-electron chi connectivity index (χ3n) is 5.21. The zero-order valence-corrected chi connectivity index (χ0v) is 16.1. The van der Waals surface area contributed by atoms with Gasteiger partial charge in [-0.25, -0.2) is 4.99 Å². The molecule has 1 saturated carbocycles. The minimum Gasteiger partial charge on any atom is -0.393 e. The van der Waals surface area contributed by atoms with Crippen LogP contribution in [0.5, 0.6) is 0 Å². The van der Waals surface area contributed by atoms with E-state index in [4.69, 9.17) is 5.73 Å². The van der Waals surface area contributed by atoms with Gasteiger partial charge in [-0.15, -0.1) is 0 Å². The average molecular weight is 383 g/mol. The fourth-order valence-electron chi connectivity index (χ4n) is 3.51. The predicted molar refractivity (Wildman–Crippen MR) is 111 cm³/mol. The predicted octanol–water partition coefficient (Wildman–Crippen LogP) is 1.02. The minimum atomic E-state index is -0.259. The smallest absolute Gasteiger partial charge is 0.270 e. The van der Waals surface area contributed by atoms with Crippen molar-refractivity contribution in [3.8, 4) is 0 Å². The quantitative estimate of drug-likeness (QED) is 0.270. The van der Waals surface area contributed by atoms with Gasteiger partial charge in [0.2, 0.25) is 0 Å². The molecule has 3 rings (SSSR count). The molecule has 7 heteroatoms. The van der Waals surface area contributed by atoms with Gasteiger partial charge in [0.25, 0.3) is 5.91 Å². The molecule has 150 valence electrons. The van der Waals surface area contributed by atoms with Gasteiger partial charge in [0, 0.05) is 32.4 Å². The molecule has 28 heavy (non-hydrogen) atoms. The van der Waals surface area contributed by atoms with Gasteiger partial charge in [0.15, 0.2) is 0 Å². The van der Waals surface area contributed by atoms with Crippen LogP contribution in [-0.2, 0) is 17.8 Å². The van der Waals surface area contributed by atoms with Crippen LogP contribution in [-0.4, -0.2) is 60.2 Å². The Kier molecular flexibility index (Phi) is 7.33. The lowest BCUT2D eigenvalue weighted by molar-refractivity contribution is -0.117. The van der Waals surface area contributed by atoms with Crippen LogP contribution >= 0.6 is 0 Å². The molecule has 4 N–H and O–H groups in total. The molecule has 0 bridgehead atoms. The van der Waals surface area contributed by atoms with E-state index in [1.54, 1.807) is 12.3 Å². The first-order valence-electron chi connectivity index (χ1n) is 9.89. The lowest BCUT2D eigenvalue weighted by Crippen LogP contribution is -2.34. The Bertz CT molecular complexity index is 753. The number of fused-ring (bicyclic) bond motifs is 1. The van der Waals surface area contributed by atoms with E-state index in [0.717, 1.165) is 38.8 Å². The molecule has 1 aromatic rings. The van der Waals surface area contributed by atoms with E-state index >= 15 is 0 Å². The van der Waals surface area contributed by atoms with Crippen molar-refractivity contribution in [2.45, 2.75) is 44.4 Å². The van der Waals surface area contributed by atoms with Crippen molar-refractivity contribution in [3.63, 3.8) is 0 Å². The molecule has 0 unspecified atom stereocenters. The number of nitrogens with two attached hydrogens (primary N) is 1. The Balaban J connectivity index is 1.40. The van der Waals surface area contributed by atoms with Crippen molar-refractivity contribution in [3.05, 3.63) is 47.2 Å². The number of rotatable bonds is 8. The standard InChI is InChI=1S/C21H29N5O2/c22-15-25-20(6-9-23-18-12-19(27)13-18)21(28)24-8-3-10-26-11-7-16-4-1-2-5-17(16)14-26/h1-2,4-6,9,15,18-19,27H,3,7-8,10-14H2,(H2,22,25)(H,24,28). The van der Waals surface area contributed by atoms with Crippen LogP contribution in [0.25, 0.3) is 0 Å². The van der Waals surface area contributed by atoms with Gasteiger partial charge in [-0.05, 0) is 42.9 Å². The third-order valence-corrected chi connectivity index (χ3v) is 5.21. The summed E-state index contributed by atoms with van der Waals surface area (Å²) in [5, 5.41) is 12.2. The monoisotopic (exact) mass is 383 g/mol. The van der Waals surface area contributed by atoms with E-state index < -0.39 is 0 Å². The number of nitrogens with zero attached hydrogens (tertiary/aromatic N) is 3. The largest absolute Gasteiger partial charge is 0.393 e. The zero-order valence-electron chi connectivity index (χ0n) is 16.1. The molecule has 1 amide bonds. The summed E-state index contributed by atoms with van der Waals surface area (Å²) >= 11 is 0. The van der Waals surface area contributed by atoms with E-state index in [1.807, 2.05) is 0 Å². The molecular formula is C21H29N5O2. The lowest BCUT2D eigenvalue weighted by atomic mass is 9.90. The summed E-state index contributed by atoms with van der Waals surface area (Å²) in [6.45, 7) is 3.55. The van der Waals surface area contributed by atoms with Crippen LogP contribution in [0, 0.1) is 0 Å². The van der Waals surface area contributed by atoms with E-state index in [1.165, 1.54) is 11.1 Å². The molecule has 1 heterocycles. The Labute approximate surface area is 166 Å². The highest BCUT2D eigenvalue weighted by atomic mass is 16.3. The maximum absolute atomic E-state index is 12.3. The number of carbonyl (C=O) groups is 1. The number of nitrogens with one attached hydrogen (secondary N) is 1. The van der Waals surface area contributed by atoms with E-state index in [0.29, 0.717) is 19.4 Å². The summed E-state index contributed by atoms with van der Waals surface area (Å²) in [6, 6.07) is 8.71. The molecular weight excluding hydrogens is 354 g/mol. The Morgan fingerprint density at radius 2 is 2.11 bits per heavy atom. The van der Waals surface area contributed by atoms with Gasteiger partial charge in [0.1, 0.15) is 5.70 Å². The highest BCUT2D eigenvalue weighted by molar-refractivity contribution is 5.98. The van der Waals surface area contributed by atoms with Crippen LogP contribution in [0.3, 0.4) is 0 Å². The molecule has 1 aliphatic carbocycles. The number of aliphatic hydroxyl groups excluding tert-OH is 1. The number of amides is 1. The third kappa shape index (κ3) is 5.74. The fraction of sp³-hybridized carbons (Fsp3) is 0.476. The summed E-state index contributed by atoms with van der Waals surface area (Å²) in [5.74, 6) is -0.259. The number of allylic oxidation sites excluding steroid dienone is 1. The van der Waals surface area contributed by atoms with Crippen LogP contribution < -0.4 is 11.1 Å². The molecule has 1 aliphatic heterocycles. The maximum atomic E-state index is 12.3. The van der Waals surface area contributed by atoms with E-state index in [-0.39, 0.29) is 23.8 Å². The van der Waals surface area contributed by atoms with Crippen LogP contribution in [0.15, 0.2) is 46.0 Å². The minimum absolute atomic E-state index is 0.132. The molecule has 0 saturated heterocycles. The molecule has 0 spiro atoms. The number of carbonyl (C=O) groups excluding carboxylic acids is 1. The summed E-state index contributed by atoms with van der Waals surface area (Å²) < 4.78 is 0. The van der Waals surface area contributed by atoms with Gasteiger partial charge < -0.3 is 16.2 Å². The molecule has 0 aromatic heterocycles. The molecule has 2 aliphatic rings. The van der Waals surface area contributed by atoms with Crippen molar-refractivity contribution in [2.24, 2.45) is 15.7 Å². The van der Waals surface area contributed by atoms with Gasteiger partial charge >= 0.3 is 0 Å². The molecule has 0 atom stereocenters. The zero-order chi connectivity index (χ0) is 19.8. The molecule has 1 aromatic carbocycles. The Morgan fingerprint density at radius 1 is 1.32 bits per heavy atom. The second-order valence-electron chi connectivity index (χ2n) is 7.31. The normalized spacial score (nSPS) is 23.0. The summed E-state index contributed by atoms with van der Waals surface area (Å²) in [7, 11) is 0. The highest BCUT2D eigenvalue weighted by Gasteiger charge is 2.25. The number of benzene rings is 1. The second-order valence-corrected chi connectivity index (χ2v) is 7.31. The topological polar surface area (TPSA) is 103 Å². The summed E-state index contributed by atoms with van der Waals surface area (Å²) in [6.07, 6.45) is 7.30. The van der Waals surface area contributed by atoms with Gasteiger partial charge in [-0.2, -0.15) is 0 Å². The van der Waals surface area contributed by atoms with Crippen LogP contribution in [0.1, 0.15) is 30.4 Å². The average Bonchev–Trinajstić information content (AvgIpc) is 2.68. The Morgan fingerprint density at radius 3 is 2.86 bits per heavy atom. The van der Waals surface area contributed by atoms with Crippen molar-refractivity contribution >= 4 is 18.5 Å². The van der Waals surface area contributed by atoms with Crippen LogP contribution in [0.4, 0.5) is 0 Å². The Hall–Kier alpha value is -2.51. The highest BCUT2D eigenvalue weighted by Crippen LogP contribution is 2.22. The fourth-order valence-corrected chi connectivity index (χ4v) is 3.51. The SMILES string of the molecule is NC=NC(=CC=NC1CC(O)C1)C(=O)NCCCN1CCc2ccccc2C1. The van der Waals surface area contributed by atoms with E-state index in [9.17, 15) is 9.90 Å². The van der Waals surface area contributed by atoms with Crippen molar-refractivity contribution < 1.29 is 9.90 Å². The van der Waals surface area contributed by atoms with Gasteiger partial charge in [-0.3, -0.25) is 14.7 Å². The molecule has 7 nitrogen and oxygen atoms in total. The first-order valence-corrected chi connectivity index (χ1v) is 9.89. The van der Waals surface area contributed by atoms with Gasteiger partial charge in [-0.1, -0.05) is 24.3 Å². The maximum Gasteiger partial charge on any atom is 0.270 e. The number of hydrogen-bond donors (Lipinski definition) is 3. The summed E-state index contributed by atoms with van der Waals surface area (Å²) in [5.41, 5.74) is 8.43. The molecule has 0 radical (unpaired) electrons. The first kappa shape index (κ1) is 20.2. The summed E-state index contributed by atoms with van der Waals surface area (Å²) in [4.78, 5) is 22.9. The first-order chi connectivity index (χ1) is 13.7. The molecule has 1 fully saturated rings.